The van der Waals surface area contributed by atoms with Crippen LogP contribution in [0.25, 0.3) is 0 Å². The van der Waals surface area contributed by atoms with Gasteiger partial charge in [-0.05, 0) is 51.0 Å². The van der Waals surface area contributed by atoms with E-state index in [2.05, 4.69) is 22.0 Å². The highest BCUT2D eigenvalue weighted by Crippen LogP contribution is 2.25. The topological polar surface area (TPSA) is 35.6 Å². The van der Waals surface area contributed by atoms with Crippen LogP contribution in [0.5, 0.6) is 0 Å². The van der Waals surface area contributed by atoms with Gasteiger partial charge in [0.1, 0.15) is 0 Å². The van der Waals surface area contributed by atoms with Gasteiger partial charge in [-0.1, -0.05) is 6.92 Å². The van der Waals surface area contributed by atoms with Crippen LogP contribution in [0.1, 0.15) is 45.4 Å². The maximum Gasteiger partial charge on any atom is 0.236 e. The Morgan fingerprint density at radius 3 is 2.90 bits per heavy atom. The van der Waals surface area contributed by atoms with E-state index in [1.54, 1.807) is 0 Å². The molecule has 4 nitrogen and oxygen atoms in total. The number of hydrogen-bond acceptors (Lipinski definition) is 3. The third-order valence-corrected chi connectivity index (χ3v) is 5.45. The number of piperidine rings is 2. The molecule has 3 heterocycles. The number of rotatable bonds is 3. The Kier molecular flexibility index (Phi) is 4.61. The Hall–Kier alpha value is -0.610. The summed E-state index contributed by atoms with van der Waals surface area (Å²) in [5.74, 6) is 1.15. The molecule has 3 aliphatic rings. The molecule has 0 saturated carbocycles. The number of carbonyl (C=O) groups excluding carboxylic acids is 1. The fraction of sp³-hybridized carbons (Fsp3) is 0.938. The lowest BCUT2D eigenvalue weighted by atomic mass is 9.94. The van der Waals surface area contributed by atoms with Gasteiger partial charge in [-0.3, -0.25) is 9.69 Å². The van der Waals surface area contributed by atoms with Crippen LogP contribution in [0.4, 0.5) is 0 Å². The van der Waals surface area contributed by atoms with Gasteiger partial charge in [0.25, 0.3) is 0 Å². The largest absolute Gasteiger partial charge is 0.339 e. The van der Waals surface area contributed by atoms with Gasteiger partial charge in [-0.2, -0.15) is 0 Å². The fourth-order valence-electron chi connectivity index (χ4n) is 4.30. The molecule has 3 fully saturated rings. The predicted molar refractivity (Wildman–Crippen MR) is 80.6 cm³/mol. The number of likely N-dealkylation sites (tertiary alicyclic amines) is 2. The summed E-state index contributed by atoms with van der Waals surface area (Å²) in [7, 11) is 0. The maximum atomic E-state index is 12.6. The van der Waals surface area contributed by atoms with Crippen molar-refractivity contribution in [3.8, 4) is 0 Å². The molecule has 0 aliphatic carbocycles. The highest BCUT2D eigenvalue weighted by Gasteiger charge is 2.36. The summed E-state index contributed by atoms with van der Waals surface area (Å²) < 4.78 is 0. The molecule has 1 unspecified atom stereocenters. The van der Waals surface area contributed by atoms with Gasteiger partial charge in [0, 0.05) is 31.7 Å². The second-order valence-electron chi connectivity index (χ2n) is 6.80. The SMILES string of the molecule is CCC1CCCCN1C(=O)CN1C[C@@H]2CCCN[C@@H]2C1. The van der Waals surface area contributed by atoms with Gasteiger partial charge in [0.15, 0.2) is 0 Å². The monoisotopic (exact) mass is 279 g/mol. The van der Waals surface area contributed by atoms with Gasteiger partial charge in [-0.15, -0.1) is 0 Å². The predicted octanol–water partition coefficient (Wildman–Crippen LogP) is 1.46. The molecule has 114 valence electrons. The van der Waals surface area contributed by atoms with E-state index in [-0.39, 0.29) is 0 Å². The summed E-state index contributed by atoms with van der Waals surface area (Å²) in [6.07, 6.45) is 7.43. The highest BCUT2D eigenvalue weighted by molar-refractivity contribution is 5.78. The van der Waals surface area contributed by atoms with E-state index >= 15 is 0 Å². The van der Waals surface area contributed by atoms with Gasteiger partial charge >= 0.3 is 0 Å². The van der Waals surface area contributed by atoms with Crippen molar-refractivity contribution >= 4 is 5.91 Å². The lowest BCUT2D eigenvalue weighted by Gasteiger charge is -2.36. The first-order valence-electron chi connectivity index (χ1n) is 8.53. The van der Waals surface area contributed by atoms with Crippen LogP contribution in [0, 0.1) is 5.92 Å². The van der Waals surface area contributed by atoms with Crippen LogP contribution in [-0.2, 0) is 4.79 Å². The molecule has 1 amide bonds. The minimum atomic E-state index is 0.371. The second kappa shape index (κ2) is 6.44. The van der Waals surface area contributed by atoms with Crippen molar-refractivity contribution in [2.45, 2.75) is 57.5 Å². The number of nitrogens with one attached hydrogen (secondary N) is 1. The van der Waals surface area contributed by atoms with Crippen molar-refractivity contribution < 1.29 is 4.79 Å². The number of carbonyl (C=O) groups is 1. The molecule has 3 aliphatic heterocycles. The van der Waals surface area contributed by atoms with E-state index in [0.29, 0.717) is 24.5 Å². The lowest BCUT2D eigenvalue weighted by molar-refractivity contribution is -0.136. The molecule has 0 aromatic rings. The Labute approximate surface area is 122 Å². The van der Waals surface area contributed by atoms with Crippen LogP contribution in [-0.4, -0.2) is 60.5 Å². The van der Waals surface area contributed by atoms with Gasteiger partial charge in [0.05, 0.1) is 6.54 Å². The van der Waals surface area contributed by atoms with Crippen molar-refractivity contribution in [1.29, 1.82) is 0 Å². The molecule has 1 N–H and O–H groups in total. The smallest absolute Gasteiger partial charge is 0.236 e. The minimum Gasteiger partial charge on any atom is -0.339 e. The third kappa shape index (κ3) is 3.01. The van der Waals surface area contributed by atoms with Gasteiger partial charge in [-0.25, -0.2) is 0 Å². The van der Waals surface area contributed by atoms with Crippen molar-refractivity contribution in [2.24, 2.45) is 5.92 Å². The molecule has 4 heteroatoms. The summed E-state index contributed by atoms with van der Waals surface area (Å²) in [5, 5.41) is 3.62. The quantitative estimate of drug-likeness (QED) is 0.849. The molecule has 3 rings (SSSR count). The minimum absolute atomic E-state index is 0.371. The fourth-order valence-corrected chi connectivity index (χ4v) is 4.30. The Bertz CT molecular complexity index is 333. The molecule has 0 aromatic heterocycles. The van der Waals surface area contributed by atoms with Crippen LogP contribution >= 0.6 is 0 Å². The van der Waals surface area contributed by atoms with Crippen molar-refractivity contribution in [3.63, 3.8) is 0 Å². The number of nitrogens with zero attached hydrogens (tertiary/aromatic N) is 2. The normalized spacial score (nSPS) is 35.0. The Morgan fingerprint density at radius 2 is 2.10 bits per heavy atom. The molecule has 0 radical (unpaired) electrons. The van der Waals surface area contributed by atoms with Crippen LogP contribution < -0.4 is 5.32 Å². The first kappa shape index (κ1) is 14.3. The Balaban J connectivity index is 1.53. The molecule has 0 aromatic carbocycles. The number of amides is 1. The summed E-state index contributed by atoms with van der Waals surface area (Å²) in [6.45, 7) is 7.19. The highest BCUT2D eigenvalue weighted by atomic mass is 16.2. The molecular weight excluding hydrogens is 250 g/mol. The lowest BCUT2D eigenvalue weighted by Crippen LogP contribution is -2.47. The average molecular weight is 279 g/mol. The van der Waals surface area contributed by atoms with E-state index in [9.17, 15) is 4.79 Å². The summed E-state index contributed by atoms with van der Waals surface area (Å²) in [4.78, 5) is 17.1. The van der Waals surface area contributed by atoms with Crippen molar-refractivity contribution in [2.75, 3.05) is 32.7 Å². The van der Waals surface area contributed by atoms with E-state index in [4.69, 9.17) is 0 Å². The standard InChI is InChI=1S/C16H29N3O/c1-2-14-7-3-4-9-19(14)16(20)12-18-10-13-6-5-8-17-15(13)11-18/h13-15,17H,2-12H2,1H3/t13-,14?,15+/m0/s1. The van der Waals surface area contributed by atoms with E-state index in [1.165, 1.54) is 32.1 Å². The van der Waals surface area contributed by atoms with Crippen LogP contribution in [0.2, 0.25) is 0 Å². The number of hydrogen-bond donors (Lipinski definition) is 1. The van der Waals surface area contributed by atoms with E-state index < -0.39 is 0 Å². The molecule has 0 spiro atoms. The summed E-state index contributed by atoms with van der Waals surface area (Å²) in [6, 6.07) is 1.14. The summed E-state index contributed by atoms with van der Waals surface area (Å²) in [5.41, 5.74) is 0. The van der Waals surface area contributed by atoms with E-state index in [0.717, 1.165) is 38.5 Å². The maximum absolute atomic E-state index is 12.6. The molecule has 3 saturated heterocycles. The van der Waals surface area contributed by atoms with Crippen LogP contribution in [0.3, 0.4) is 0 Å². The Morgan fingerprint density at radius 1 is 1.20 bits per heavy atom. The van der Waals surface area contributed by atoms with Crippen molar-refractivity contribution in [3.05, 3.63) is 0 Å². The second-order valence-corrected chi connectivity index (χ2v) is 6.80. The van der Waals surface area contributed by atoms with Crippen LogP contribution in [0.15, 0.2) is 0 Å². The molecule has 3 atom stereocenters. The third-order valence-electron chi connectivity index (χ3n) is 5.45. The zero-order chi connectivity index (χ0) is 13.9. The first-order valence-corrected chi connectivity index (χ1v) is 8.53. The zero-order valence-electron chi connectivity index (χ0n) is 12.8. The zero-order valence-corrected chi connectivity index (χ0v) is 12.8. The molecule has 20 heavy (non-hydrogen) atoms. The summed E-state index contributed by atoms with van der Waals surface area (Å²) >= 11 is 0. The first-order chi connectivity index (χ1) is 9.78. The molecule has 0 bridgehead atoms. The van der Waals surface area contributed by atoms with E-state index in [1.807, 2.05) is 0 Å². The van der Waals surface area contributed by atoms with Crippen molar-refractivity contribution in [1.82, 2.24) is 15.1 Å². The number of fused-ring (bicyclic) bond motifs is 1. The molecular formula is C16H29N3O. The van der Waals surface area contributed by atoms with Gasteiger partial charge < -0.3 is 10.2 Å². The van der Waals surface area contributed by atoms with Gasteiger partial charge in [0.2, 0.25) is 5.91 Å². The average Bonchev–Trinajstić information content (AvgIpc) is 2.89.